The molecule has 1 saturated carbocycles. The summed E-state index contributed by atoms with van der Waals surface area (Å²) in [6.45, 7) is 3.71. The second-order valence-electron chi connectivity index (χ2n) is 5.39. The molecule has 0 heterocycles. The van der Waals surface area contributed by atoms with Crippen LogP contribution in [-0.2, 0) is 4.79 Å². The molecule has 0 atom stereocenters. The Hall–Kier alpha value is -0.790. The minimum atomic E-state index is -0.553. The normalized spacial score (nSPS) is 19.5. The summed E-state index contributed by atoms with van der Waals surface area (Å²) in [6.07, 6.45) is 13.6. The molecule has 2 nitrogen and oxygen atoms in total. The van der Waals surface area contributed by atoms with Gasteiger partial charge in [0.2, 0.25) is 0 Å². The topological polar surface area (TPSA) is 37.3 Å². The summed E-state index contributed by atoms with van der Waals surface area (Å²) in [4.78, 5) is 11.5. The minimum Gasteiger partial charge on any atom is -0.481 e. The van der Waals surface area contributed by atoms with Crippen LogP contribution < -0.4 is 0 Å². The Morgan fingerprint density at radius 2 is 1.76 bits per heavy atom. The number of hydrogen-bond donors (Lipinski definition) is 1. The third-order valence-electron chi connectivity index (χ3n) is 4.08. The number of carboxylic acid groups (broad SMARTS) is 1. The van der Waals surface area contributed by atoms with E-state index in [9.17, 15) is 9.90 Å². The standard InChI is InChI=1S/C15H26O2/c1-2-3-4-5-8-11-15(14(16)17)12-9-6-7-10-13-15/h2H,1,3-13H2,(H,16,17). The molecule has 1 rings (SSSR count). The molecule has 0 unspecified atom stereocenters. The van der Waals surface area contributed by atoms with Crippen molar-refractivity contribution < 1.29 is 9.90 Å². The van der Waals surface area contributed by atoms with Crippen molar-refractivity contribution in [3.05, 3.63) is 12.7 Å². The highest BCUT2D eigenvalue weighted by molar-refractivity contribution is 5.74. The Balaban J connectivity index is 2.41. The number of carboxylic acids is 1. The van der Waals surface area contributed by atoms with Crippen LogP contribution in [-0.4, -0.2) is 11.1 Å². The van der Waals surface area contributed by atoms with Gasteiger partial charge in [-0.3, -0.25) is 4.79 Å². The maximum Gasteiger partial charge on any atom is 0.309 e. The first-order valence-electron chi connectivity index (χ1n) is 7.05. The van der Waals surface area contributed by atoms with Crippen molar-refractivity contribution in [3.8, 4) is 0 Å². The third-order valence-corrected chi connectivity index (χ3v) is 4.08. The third kappa shape index (κ3) is 4.53. The Morgan fingerprint density at radius 1 is 1.12 bits per heavy atom. The van der Waals surface area contributed by atoms with Crippen molar-refractivity contribution in [3.63, 3.8) is 0 Å². The Bertz CT molecular complexity index is 237. The fraction of sp³-hybridized carbons (Fsp3) is 0.800. The molecule has 0 bridgehead atoms. The van der Waals surface area contributed by atoms with E-state index in [0.29, 0.717) is 0 Å². The van der Waals surface area contributed by atoms with E-state index in [0.717, 1.165) is 57.8 Å². The molecule has 0 amide bonds. The maximum absolute atomic E-state index is 11.5. The monoisotopic (exact) mass is 238 g/mol. The lowest BCUT2D eigenvalue weighted by atomic mass is 9.76. The highest BCUT2D eigenvalue weighted by Gasteiger charge is 2.37. The van der Waals surface area contributed by atoms with Gasteiger partial charge < -0.3 is 5.11 Å². The lowest BCUT2D eigenvalue weighted by Crippen LogP contribution is -2.30. The molecule has 2 heteroatoms. The van der Waals surface area contributed by atoms with Gasteiger partial charge in [0.15, 0.2) is 0 Å². The van der Waals surface area contributed by atoms with E-state index < -0.39 is 11.4 Å². The van der Waals surface area contributed by atoms with Gasteiger partial charge in [0.05, 0.1) is 5.41 Å². The summed E-state index contributed by atoms with van der Waals surface area (Å²) in [7, 11) is 0. The van der Waals surface area contributed by atoms with Crippen molar-refractivity contribution in [2.45, 2.75) is 70.6 Å². The van der Waals surface area contributed by atoms with E-state index in [1.54, 1.807) is 0 Å². The first kappa shape index (κ1) is 14.3. The zero-order valence-corrected chi connectivity index (χ0v) is 10.9. The average molecular weight is 238 g/mol. The average Bonchev–Trinajstić information content (AvgIpc) is 2.55. The van der Waals surface area contributed by atoms with Gasteiger partial charge in [0, 0.05) is 0 Å². The van der Waals surface area contributed by atoms with Gasteiger partial charge in [-0.05, 0) is 32.1 Å². The van der Waals surface area contributed by atoms with Gasteiger partial charge in [-0.25, -0.2) is 0 Å². The van der Waals surface area contributed by atoms with Crippen LogP contribution in [0, 0.1) is 5.41 Å². The Kier molecular flexibility index (Phi) is 6.31. The molecule has 0 spiro atoms. The van der Waals surface area contributed by atoms with E-state index in [2.05, 4.69) is 6.58 Å². The molecule has 1 N–H and O–H groups in total. The molecule has 98 valence electrons. The highest BCUT2D eigenvalue weighted by atomic mass is 16.4. The van der Waals surface area contributed by atoms with E-state index in [-0.39, 0.29) is 0 Å². The fourth-order valence-corrected chi connectivity index (χ4v) is 2.90. The molecule has 17 heavy (non-hydrogen) atoms. The van der Waals surface area contributed by atoms with Crippen molar-refractivity contribution in [2.75, 3.05) is 0 Å². The van der Waals surface area contributed by atoms with Gasteiger partial charge in [-0.15, -0.1) is 6.58 Å². The molecule has 0 aliphatic heterocycles. The highest BCUT2D eigenvalue weighted by Crippen LogP contribution is 2.39. The summed E-state index contributed by atoms with van der Waals surface area (Å²) < 4.78 is 0. The molecule has 0 radical (unpaired) electrons. The first-order chi connectivity index (χ1) is 8.21. The SMILES string of the molecule is C=CCCCCCC1(C(=O)O)CCCCCC1. The molecule has 1 aliphatic rings. The lowest BCUT2D eigenvalue weighted by molar-refractivity contribution is -0.150. The van der Waals surface area contributed by atoms with Crippen molar-refractivity contribution in [1.82, 2.24) is 0 Å². The number of unbranched alkanes of at least 4 members (excludes halogenated alkanes) is 3. The molecular weight excluding hydrogens is 212 g/mol. The quantitative estimate of drug-likeness (QED) is 0.401. The van der Waals surface area contributed by atoms with Crippen molar-refractivity contribution in [2.24, 2.45) is 5.41 Å². The van der Waals surface area contributed by atoms with Crippen molar-refractivity contribution >= 4 is 5.97 Å². The second kappa shape index (κ2) is 7.52. The zero-order chi connectivity index (χ0) is 12.6. The smallest absolute Gasteiger partial charge is 0.309 e. The zero-order valence-electron chi connectivity index (χ0n) is 10.9. The van der Waals surface area contributed by atoms with E-state index >= 15 is 0 Å². The van der Waals surface area contributed by atoms with E-state index in [1.807, 2.05) is 6.08 Å². The van der Waals surface area contributed by atoms with Crippen molar-refractivity contribution in [1.29, 1.82) is 0 Å². The van der Waals surface area contributed by atoms with Gasteiger partial charge >= 0.3 is 5.97 Å². The summed E-state index contributed by atoms with van der Waals surface area (Å²) in [5, 5.41) is 9.50. The predicted octanol–water partition coefficient (Wildman–Crippen LogP) is 4.55. The maximum atomic E-state index is 11.5. The summed E-state index contributed by atoms with van der Waals surface area (Å²) in [6, 6.07) is 0. The van der Waals surface area contributed by atoms with Crippen LogP contribution in [0.15, 0.2) is 12.7 Å². The van der Waals surface area contributed by atoms with Crippen LogP contribution in [0.1, 0.15) is 70.6 Å². The number of carbonyl (C=O) groups is 1. The molecule has 0 saturated heterocycles. The lowest BCUT2D eigenvalue weighted by Gasteiger charge is -2.28. The number of hydrogen-bond acceptors (Lipinski definition) is 1. The molecule has 0 aromatic carbocycles. The second-order valence-corrected chi connectivity index (χ2v) is 5.39. The van der Waals surface area contributed by atoms with E-state index in [4.69, 9.17) is 0 Å². The van der Waals surface area contributed by atoms with Crippen LogP contribution in [0.2, 0.25) is 0 Å². The molecular formula is C15H26O2. The van der Waals surface area contributed by atoms with Gasteiger partial charge in [-0.1, -0.05) is 44.6 Å². The Labute approximate surface area is 105 Å². The summed E-state index contributed by atoms with van der Waals surface area (Å²) in [5.41, 5.74) is -0.398. The molecule has 1 fully saturated rings. The molecule has 0 aromatic heterocycles. The number of rotatable bonds is 7. The van der Waals surface area contributed by atoms with E-state index in [1.165, 1.54) is 12.8 Å². The van der Waals surface area contributed by atoms with Gasteiger partial charge in [0.25, 0.3) is 0 Å². The fourth-order valence-electron chi connectivity index (χ4n) is 2.90. The number of allylic oxidation sites excluding steroid dienone is 1. The largest absolute Gasteiger partial charge is 0.481 e. The van der Waals surface area contributed by atoms with Gasteiger partial charge in [0.1, 0.15) is 0 Å². The van der Waals surface area contributed by atoms with Crippen LogP contribution in [0.4, 0.5) is 0 Å². The van der Waals surface area contributed by atoms with Crippen LogP contribution >= 0.6 is 0 Å². The first-order valence-corrected chi connectivity index (χ1v) is 7.05. The minimum absolute atomic E-state index is 0.398. The molecule has 0 aromatic rings. The molecule has 1 aliphatic carbocycles. The van der Waals surface area contributed by atoms with Crippen LogP contribution in [0.25, 0.3) is 0 Å². The summed E-state index contributed by atoms with van der Waals surface area (Å²) >= 11 is 0. The Morgan fingerprint density at radius 3 is 2.29 bits per heavy atom. The van der Waals surface area contributed by atoms with Crippen LogP contribution in [0.3, 0.4) is 0 Å². The predicted molar refractivity (Wildman–Crippen MR) is 71.1 cm³/mol. The number of aliphatic carboxylic acids is 1. The van der Waals surface area contributed by atoms with Gasteiger partial charge in [-0.2, -0.15) is 0 Å². The van der Waals surface area contributed by atoms with Crippen LogP contribution in [0.5, 0.6) is 0 Å². The summed E-state index contributed by atoms with van der Waals surface area (Å²) in [5.74, 6) is -0.553.